The fourth-order valence-corrected chi connectivity index (χ4v) is 9.62. The second kappa shape index (κ2) is 11.6. The normalized spacial score (nSPS) is 21.3. The van der Waals surface area contributed by atoms with Gasteiger partial charge in [0.25, 0.3) is 10.0 Å². The number of hydrogen-bond acceptors (Lipinski definition) is 7. The van der Waals surface area contributed by atoms with Crippen molar-refractivity contribution in [2.24, 2.45) is 19.9 Å². The van der Waals surface area contributed by atoms with Crippen LogP contribution in [-0.2, 0) is 28.8 Å². The lowest BCUT2D eigenvalue weighted by molar-refractivity contribution is -0.124. The molecule has 0 spiro atoms. The molecule has 0 aliphatic heterocycles. The van der Waals surface area contributed by atoms with Crippen molar-refractivity contribution in [3.63, 3.8) is 0 Å². The molecule has 0 saturated heterocycles. The first kappa shape index (κ1) is 28.1. The minimum atomic E-state index is -4.31. The van der Waals surface area contributed by atoms with E-state index in [1.807, 2.05) is 22.6 Å². The van der Waals surface area contributed by atoms with Gasteiger partial charge in [-0.2, -0.15) is 0 Å². The van der Waals surface area contributed by atoms with Crippen molar-refractivity contribution in [2.45, 2.75) is 61.4 Å². The van der Waals surface area contributed by atoms with Crippen LogP contribution in [0.5, 0.6) is 5.88 Å². The molecule has 1 N–H and O–H groups in total. The zero-order valence-corrected chi connectivity index (χ0v) is 28.9. The van der Waals surface area contributed by atoms with Gasteiger partial charge in [-0.25, -0.2) is 22.2 Å². The number of nitrogens with one attached hydrogen (secondary N) is 1. The van der Waals surface area contributed by atoms with Gasteiger partial charge < -0.3 is 10.1 Å². The summed E-state index contributed by atoms with van der Waals surface area (Å²) < 4.78 is 65.0. The van der Waals surface area contributed by atoms with Gasteiger partial charge in [-0.1, -0.05) is 24.3 Å². The predicted molar refractivity (Wildman–Crippen MR) is 187 cm³/mol. The van der Waals surface area contributed by atoms with E-state index < -0.39 is 34.3 Å². The van der Waals surface area contributed by atoms with E-state index in [0.717, 1.165) is 21.4 Å². The number of fused-ring (bicyclic) bond motifs is 3. The summed E-state index contributed by atoms with van der Waals surface area (Å²) in [5.41, 5.74) is -0.325. The Morgan fingerprint density at radius 1 is 1.23 bits per heavy atom. The largest absolute Gasteiger partial charge is 0.479 e. The van der Waals surface area contributed by atoms with Crippen molar-refractivity contribution < 1.29 is 22.1 Å². The molecular formula is C33H36IN7O5S. The molecule has 2 aliphatic rings. The second-order valence-electron chi connectivity index (χ2n) is 12.4. The number of benzene rings is 1. The van der Waals surface area contributed by atoms with Crippen LogP contribution in [0, 0.1) is 9.49 Å². The Morgan fingerprint density at radius 3 is 2.60 bits per heavy atom. The number of carbonyl (C=O) groups is 1. The lowest BCUT2D eigenvalue weighted by Gasteiger charge is -2.41. The SMILES string of the molecule is [2H]C([2H])([2H])n1c(=O)n(C2CCC(CC=C)(NC(=O)C3CC3)CC2)c2c3c(I)c(-c4cn(C)nc4OC)n(S(=O)(=O)c4ccccc4)c3ncc21. The third-order valence-electron chi connectivity index (χ3n) is 9.39. The van der Waals surface area contributed by atoms with Gasteiger partial charge in [0.1, 0.15) is 0 Å². The van der Waals surface area contributed by atoms with Crippen molar-refractivity contribution in [3.05, 3.63) is 69.4 Å². The molecular weight excluding hydrogens is 733 g/mol. The second-order valence-corrected chi connectivity index (χ2v) is 15.3. The molecule has 14 heteroatoms. The lowest BCUT2D eigenvalue weighted by Crippen LogP contribution is -2.51. The Labute approximate surface area is 289 Å². The molecule has 4 aromatic heterocycles. The molecule has 246 valence electrons. The van der Waals surface area contributed by atoms with Crippen LogP contribution in [0.1, 0.15) is 55.1 Å². The van der Waals surface area contributed by atoms with Crippen LogP contribution < -0.4 is 15.7 Å². The summed E-state index contributed by atoms with van der Waals surface area (Å²) in [7, 11) is -1.19. The summed E-state index contributed by atoms with van der Waals surface area (Å²) in [6.45, 7) is 1.07. The highest BCUT2D eigenvalue weighted by atomic mass is 127. The van der Waals surface area contributed by atoms with Gasteiger partial charge in [0.2, 0.25) is 11.8 Å². The zero-order valence-electron chi connectivity index (χ0n) is 28.9. The number of aromatic nitrogens is 6. The third-order valence-corrected chi connectivity index (χ3v) is 12.1. The molecule has 2 saturated carbocycles. The van der Waals surface area contributed by atoms with E-state index in [9.17, 15) is 18.0 Å². The number of halogens is 1. The number of rotatable bonds is 9. The van der Waals surface area contributed by atoms with Crippen LogP contribution >= 0.6 is 22.6 Å². The summed E-state index contributed by atoms with van der Waals surface area (Å²) in [5, 5.41) is 7.95. The summed E-state index contributed by atoms with van der Waals surface area (Å²) in [5.74, 6) is 0.231. The Hall–Kier alpha value is -3.92. The molecule has 0 atom stereocenters. The quantitative estimate of drug-likeness (QED) is 0.167. The smallest absolute Gasteiger partial charge is 0.329 e. The first-order chi connectivity index (χ1) is 23.7. The number of carbonyl (C=O) groups excluding carboxylic acids is 1. The molecule has 1 aromatic carbocycles. The van der Waals surface area contributed by atoms with Gasteiger partial charge in [-0.3, -0.25) is 18.6 Å². The van der Waals surface area contributed by atoms with Crippen molar-refractivity contribution in [1.29, 1.82) is 0 Å². The first-order valence-electron chi connectivity index (χ1n) is 16.9. The van der Waals surface area contributed by atoms with E-state index in [4.69, 9.17) is 8.85 Å². The molecule has 0 radical (unpaired) electrons. The van der Waals surface area contributed by atoms with E-state index >= 15 is 0 Å². The number of aryl methyl sites for hydroxylation is 2. The number of nitrogens with zero attached hydrogens (tertiary/aromatic N) is 6. The Balaban J connectivity index is 1.50. The molecule has 47 heavy (non-hydrogen) atoms. The summed E-state index contributed by atoms with van der Waals surface area (Å²) >= 11 is 2.04. The number of hydrogen-bond donors (Lipinski definition) is 1. The monoisotopic (exact) mass is 772 g/mol. The van der Waals surface area contributed by atoms with Gasteiger partial charge in [0, 0.05) is 41.8 Å². The van der Waals surface area contributed by atoms with Gasteiger partial charge in [-0.15, -0.1) is 11.7 Å². The summed E-state index contributed by atoms with van der Waals surface area (Å²) in [6, 6.07) is 7.47. The first-order valence-corrected chi connectivity index (χ1v) is 17.9. The van der Waals surface area contributed by atoms with Crippen molar-refractivity contribution in [2.75, 3.05) is 7.11 Å². The van der Waals surface area contributed by atoms with Crippen LogP contribution in [0.3, 0.4) is 0 Å². The minimum Gasteiger partial charge on any atom is -0.479 e. The van der Waals surface area contributed by atoms with E-state index in [2.05, 4.69) is 22.0 Å². The van der Waals surface area contributed by atoms with Gasteiger partial charge in [0.05, 0.1) is 49.4 Å². The van der Waals surface area contributed by atoms with E-state index in [0.29, 0.717) is 46.6 Å². The molecule has 1 amide bonds. The van der Waals surface area contributed by atoms with Gasteiger partial charge >= 0.3 is 5.69 Å². The van der Waals surface area contributed by atoms with Crippen LogP contribution in [0.15, 0.2) is 65.1 Å². The van der Waals surface area contributed by atoms with Gasteiger partial charge in [0.15, 0.2) is 5.65 Å². The fourth-order valence-electron chi connectivity index (χ4n) is 6.92. The molecule has 2 aliphatic carbocycles. The molecule has 2 fully saturated rings. The van der Waals surface area contributed by atoms with E-state index in [-0.39, 0.29) is 45.0 Å². The average Bonchev–Trinajstić information content (AvgIpc) is 3.71. The van der Waals surface area contributed by atoms with Gasteiger partial charge in [-0.05, 0) is 79.7 Å². The van der Waals surface area contributed by atoms with Crippen molar-refractivity contribution >= 4 is 60.6 Å². The van der Waals surface area contributed by atoms with Crippen LogP contribution in [-0.4, -0.2) is 54.8 Å². The fraction of sp³-hybridized carbons (Fsp3) is 0.394. The predicted octanol–water partition coefficient (Wildman–Crippen LogP) is 4.90. The molecule has 12 nitrogen and oxygen atoms in total. The average molecular weight is 773 g/mol. The van der Waals surface area contributed by atoms with E-state index in [1.165, 1.54) is 34.7 Å². The number of amides is 1. The molecule has 0 unspecified atom stereocenters. The highest BCUT2D eigenvalue weighted by Crippen LogP contribution is 2.44. The Kier molecular flexibility index (Phi) is 6.97. The maximum absolute atomic E-state index is 14.5. The van der Waals surface area contributed by atoms with Crippen LogP contribution in [0.25, 0.3) is 33.3 Å². The minimum absolute atomic E-state index is 0.0100. The van der Waals surface area contributed by atoms with E-state index in [1.54, 1.807) is 37.5 Å². The van der Waals surface area contributed by atoms with Crippen LogP contribution in [0.4, 0.5) is 0 Å². The standard InChI is InChI=1S/C33H36IN7O5S/c1-5-15-33(36-30(42)20-11-12-20)16-13-21(14-17-33)40-28-24(39(3)32(40)43)18-35-29-25(28)26(34)27(23-19-38(2)37-31(23)46-4)41(29)47(44,45)22-9-7-6-8-10-22/h5-10,18-21H,1,11-17H2,2-4H3,(H,36,42)/i3D3. The molecule has 0 bridgehead atoms. The molecule has 5 aromatic rings. The third kappa shape index (κ3) is 5.10. The van der Waals surface area contributed by atoms with Crippen molar-refractivity contribution in [1.82, 2.24) is 33.2 Å². The summed E-state index contributed by atoms with van der Waals surface area (Å²) in [4.78, 5) is 31.8. The highest BCUT2D eigenvalue weighted by Gasteiger charge is 2.41. The van der Waals surface area contributed by atoms with Crippen LogP contribution in [0.2, 0.25) is 0 Å². The molecule has 7 rings (SSSR count). The number of ether oxygens (including phenoxy) is 1. The maximum Gasteiger partial charge on any atom is 0.329 e. The number of imidazole rings is 1. The maximum atomic E-state index is 14.5. The highest BCUT2D eigenvalue weighted by molar-refractivity contribution is 14.1. The lowest BCUT2D eigenvalue weighted by atomic mass is 9.77. The zero-order chi connectivity index (χ0) is 35.7. The molecule has 4 heterocycles. The number of methoxy groups -OCH3 is 1. The summed E-state index contributed by atoms with van der Waals surface area (Å²) in [6.07, 6.45) is 9.02. The van der Waals surface area contributed by atoms with Crippen molar-refractivity contribution in [3.8, 4) is 17.1 Å². The Bertz CT molecular complexity index is 2330. The number of pyridine rings is 1. The topological polar surface area (TPSA) is 135 Å². The Morgan fingerprint density at radius 2 is 1.96 bits per heavy atom.